The molecule has 0 bridgehead atoms. The van der Waals surface area contributed by atoms with Crippen molar-refractivity contribution in [3.05, 3.63) is 18.0 Å². The van der Waals surface area contributed by atoms with E-state index in [1.807, 2.05) is 6.07 Å². The van der Waals surface area contributed by atoms with Gasteiger partial charge >= 0.3 is 0 Å². The summed E-state index contributed by atoms with van der Waals surface area (Å²) in [6, 6.07) is 4.10. The molecular weight excluding hydrogens is 300 g/mol. The molecular formula is C16H21F2N5. The molecule has 0 N–H and O–H groups in total. The average molecular weight is 321 g/mol. The molecule has 4 rings (SSSR count). The highest BCUT2D eigenvalue weighted by atomic mass is 19.3. The number of halogens is 2. The van der Waals surface area contributed by atoms with Crippen LogP contribution in [0, 0.1) is 5.92 Å². The number of anilines is 1. The highest BCUT2D eigenvalue weighted by molar-refractivity contribution is 5.46. The van der Waals surface area contributed by atoms with Crippen molar-refractivity contribution in [3.8, 4) is 0 Å². The molecule has 7 heteroatoms. The third-order valence-electron chi connectivity index (χ3n) is 5.22. The summed E-state index contributed by atoms with van der Waals surface area (Å²) in [5, 5.41) is 11.7. The van der Waals surface area contributed by atoms with Crippen LogP contribution < -0.4 is 4.90 Å². The standard InChI is InChI=1S/C16H21F2N5/c17-15(18)16-20-19-13-7-8-14(21-23(13)16)22-9-2-1-6-12(22)10-11-4-3-5-11/h7-8,11-12,15H,1-6,9-10H2. The van der Waals surface area contributed by atoms with E-state index in [4.69, 9.17) is 0 Å². The molecule has 3 heterocycles. The zero-order valence-electron chi connectivity index (χ0n) is 13.0. The van der Waals surface area contributed by atoms with Crippen LogP contribution in [-0.4, -0.2) is 32.4 Å². The van der Waals surface area contributed by atoms with E-state index in [9.17, 15) is 8.78 Å². The first-order valence-electron chi connectivity index (χ1n) is 8.49. The van der Waals surface area contributed by atoms with Crippen LogP contribution >= 0.6 is 0 Å². The van der Waals surface area contributed by atoms with Gasteiger partial charge in [0.25, 0.3) is 6.43 Å². The maximum atomic E-state index is 13.0. The Balaban J connectivity index is 1.63. The maximum Gasteiger partial charge on any atom is 0.299 e. The number of fused-ring (bicyclic) bond motifs is 1. The lowest BCUT2D eigenvalue weighted by molar-refractivity contribution is 0.137. The lowest BCUT2D eigenvalue weighted by Gasteiger charge is -2.40. The normalized spacial score (nSPS) is 22.7. The molecule has 0 spiro atoms. The van der Waals surface area contributed by atoms with Gasteiger partial charge in [0, 0.05) is 12.6 Å². The molecule has 0 aromatic carbocycles. The zero-order chi connectivity index (χ0) is 15.8. The molecule has 1 aliphatic carbocycles. The van der Waals surface area contributed by atoms with Crippen molar-refractivity contribution in [1.29, 1.82) is 0 Å². The van der Waals surface area contributed by atoms with Gasteiger partial charge in [0.15, 0.2) is 5.65 Å². The number of piperidine rings is 1. The molecule has 23 heavy (non-hydrogen) atoms. The average Bonchev–Trinajstić information content (AvgIpc) is 2.94. The minimum Gasteiger partial charge on any atom is -0.352 e. The Kier molecular flexibility index (Phi) is 3.87. The van der Waals surface area contributed by atoms with Gasteiger partial charge in [0.05, 0.1) is 0 Å². The Morgan fingerprint density at radius 2 is 1.96 bits per heavy atom. The lowest BCUT2D eigenvalue weighted by atomic mass is 9.79. The van der Waals surface area contributed by atoms with Gasteiger partial charge in [0.1, 0.15) is 5.82 Å². The fourth-order valence-corrected chi connectivity index (χ4v) is 3.75. The van der Waals surface area contributed by atoms with E-state index in [1.54, 1.807) is 6.07 Å². The van der Waals surface area contributed by atoms with Crippen LogP contribution in [0.1, 0.15) is 57.2 Å². The molecule has 5 nitrogen and oxygen atoms in total. The van der Waals surface area contributed by atoms with E-state index in [-0.39, 0.29) is 5.82 Å². The van der Waals surface area contributed by atoms with E-state index in [0.717, 1.165) is 24.7 Å². The molecule has 2 aliphatic rings. The summed E-state index contributed by atoms with van der Waals surface area (Å²) >= 11 is 0. The Bertz CT molecular complexity index is 682. The van der Waals surface area contributed by atoms with E-state index < -0.39 is 6.43 Å². The summed E-state index contributed by atoms with van der Waals surface area (Å²) in [5.41, 5.74) is 0.372. The van der Waals surface area contributed by atoms with E-state index in [1.165, 1.54) is 43.0 Å². The third-order valence-corrected chi connectivity index (χ3v) is 5.22. The van der Waals surface area contributed by atoms with Gasteiger partial charge in [-0.05, 0) is 43.7 Å². The number of rotatable bonds is 4. The second kappa shape index (κ2) is 6.02. The van der Waals surface area contributed by atoms with E-state index in [0.29, 0.717) is 11.7 Å². The summed E-state index contributed by atoms with van der Waals surface area (Å²) < 4.78 is 27.2. The van der Waals surface area contributed by atoms with Crippen molar-refractivity contribution in [2.45, 2.75) is 57.4 Å². The summed E-state index contributed by atoms with van der Waals surface area (Å²) in [4.78, 5) is 2.30. The van der Waals surface area contributed by atoms with Crippen LogP contribution in [0.15, 0.2) is 12.1 Å². The summed E-state index contributed by atoms with van der Waals surface area (Å²) in [7, 11) is 0. The molecule has 0 amide bonds. The summed E-state index contributed by atoms with van der Waals surface area (Å²) in [6.45, 7) is 0.946. The van der Waals surface area contributed by atoms with Gasteiger partial charge in [0.2, 0.25) is 5.82 Å². The number of hydrogen-bond acceptors (Lipinski definition) is 4. The molecule has 1 aliphatic heterocycles. The topological polar surface area (TPSA) is 46.3 Å². The van der Waals surface area contributed by atoms with Crippen LogP contribution in [0.5, 0.6) is 0 Å². The Morgan fingerprint density at radius 1 is 1.09 bits per heavy atom. The number of aromatic nitrogens is 4. The van der Waals surface area contributed by atoms with Gasteiger partial charge in [-0.15, -0.1) is 15.3 Å². The van der Waals surface area contributed by atoms with Crippen molar-refractivity contribution >= 4 is 11.5 Å². The maximum absolute atomic E-state index is 13.0. The molecule has 0 radical (unpaired) electrons. The van der Waals surface area contributed by atoms with Gasteiger partial charge in [-0.1, -0.05) is 19.3 Å². The second-order valence-electron chi connectivity index (χ2n) is 6.70. The first-order chi connectivity index (χ1) is 11.2. The zero-order valence-corrected chi connectivity index (χ0v) is 13.0. The minimum absolute atomic E-state index is 0.372. The van der Waals surface area contributed by atoms with Crippen molar-refractivity contribution in [3.63, 3.8) is 0 Å². The number of hydrogen-bond donors (Lipinski definition) is 0. The molecule has 1 saturated heterocycles. The second-order valence-corrected chi connectivity index (χ2v) is 6.70. The molecule has 1 unspecified atom stereocenters. The Labute approximate surface area is 133 Å². The number of alkyl halides is 2. The molecule has 1 atom stereocenters. The van der Waals surface area contributed by atoms with Crippen molar-refractivity contribution < 1.29 is 8.78 Å². The van der Waals surface area contributed by atoms with Gasteiger partial charge in [-0.2, -0.15) is 4.52 Å². The highest BCUT2D eigenvalue weighted by Crippen LogP contribution is 2.35. The molecule has 2 aromatic heterocycles. The SMILES string of the molecule is FC(F)c1nnc2ccc(N3CCCCC3CC3CCC3)nn12. The van der Waals surface area contributed by atoms with Crippen LogP contribution in [0.4, 0.5) is 14.6 Å². The summed E-state index contributed by atoms with van der Waals surface area (Å²) in [6.07, 6.45) is 6.08. The van der Waals surface area contributed by atoms with E-state index >= 15 is 0 Å². The molecule has 1 saturated carbocycles. The largest absolute Gasteiger partial charge is 0.352 e. The van der Waals surface area contributed by atoms with Crippen LogP contribution in [0.2, 0.25) is 0 Å². The van der Waals surface area contributed by atoms with Crippen molar-refractivity contribution in [1.82, 2.24) is 19.8 Å². The third kappa shape index (κ3) is 2.77. The minimum atomic E-state index is -2.67. The first kappa shape index (κ1) is 14.8. The van der Waals surface area contributed by atoms with Crippen LogP contribution in [0.3, 0.4) is 0 Å². The summed E-state index contributed by atoms with van der Waals surface area (Å²) in [5.74, 6) is 1.22. The number of nitrogens with zero attached hydrogens (tertiary/aromatic N) is 5. The first-order valence-corrected chi connectivity index (χ1v) is 8.49. The highest BCUT2D eigenvalue weighted by Gasteiger charge is 2.29. The predicted octanol–water partition coefficient (Wildman–Crippen LogP) is 3.61. The van der Waals surface area contributed by atoms with Gasteiger partial charge in [-0.25, -0.2) is 8.78 Å². The smallest absolute Gasteiger partial charge is 0.299 e. The van der Waals surface area contributed by atoms with Crippen LogP contribution in [0.25, 0.3) is 5.65 Å². The fourth-order valence-electron chi connectivity index (χ4n) is 3.75. The molecule has 2 aromatic rings. The molecule has 2 fully saturated rings. The van der Waals surface area contributed by atoms with Gasteiger partial charge in [-0.3, -0.25) is 0 Å². The molecule has 124 valence electrons. The lowest BCUT2D eigenvalue weighted by Crippen LogP contribution is -2.42. The quantitative estimate of drug-likeness (QED) is 0.863. The van der Waals surface area contributed by atoms with Crippen molar-refractivity contribution in [2.24, 2.45) is 5.92 Å². The Morgan fingerprint density at radius 3 is 2.70 bits per heavy atom. The van der Waals surface area contributed by atoms with Crippen molar-refractivity contribution in [2.75, 3.05) is 11.4 Å². The van der Waals surface area contributed by atoms with E-state index in [2.05, 4.69) is 20.2 Å². The van der Waals surface area contributed by atoms with Gasteiger partial charge < -0.3 is 4.90 Å². The van der Waals surface area contributed by atoms with Crippen LogP contribution in [-0.2, 0) is 0 Å². The monoisotopic (exact) mass is 321 g/mol. The predicted molar refractivity (Wildman–Crippen MR) is 82.7 cm³/mol. The fraction of sp³-hybridized carbons (Fsp3) is 0.688. The Hall–Kier alpha value is -1.79.